The van der Waals surface area contributed by atoms with Crippen molar-refractivity contribution >= 4 is 23.3 Å². The van der Waals surface area contributed by atoms with E-state index in [9.17, 15) is 14.7 Å². The normalized spacial score (nSPS) is 33.6. The number of anilines is 2. The van der Waals surface area contributed by atoms with Crippen molar-refractivity contribution < 1.29 is 19.4 Å². The molecule has 0 aliphatic heterocycles. The number of rotatable bonds is 5. The molecule has 2 unspecified atom stereocenters. The Balaban J connectivity index is 1.33. The lowest BCUT2D eigenvalue weighted by molar-refractivity contribution is -0.196. The Kier molecular flexibility index (Phi) is 4.41. The van der Waals surface area contributed by atoms with Crippen LogP contribution in [0.15, 0.2) is 24.3 Å². The molecule has 6 heteroatoms. The average molecular weight is 372 g/mol. The summed E-state index contributed by atoms with van der Waals surface area (Å²) >= 11 is 0. The molecule has 146 valence electrons. The van der Waals surface area contributed by atoms with Gasteiger partial charge in [0.25, 0.3) is 5.91 Å². The van der Waals surface area contributed by atoms with Crippen LogP contribution in [0.25, 0.3) is 0 Å². The van der Waals surface area contributed by atoms with E-state index in [1.165, 1.54) is 0 Å². The van der Waals surface area contributed by atoms with Gasteiger partial charge in [0.2, 0.25) is 0 Å². The average Bonchev–Trinajstić information content (AvgIpc) is 2.58. The lowest BCUT2D eigenvalue weighted by Crippen LogP contribution is -2.58. The summed E-state index contributed by atoms with van der Waals surface area (Å²) in [6.07, 6.45) is 4.79. The zero-order valence-corrected chi connectivity index (χ0v) is 16.0. The third kappa shape index (κ3) is 3.55. The number of nitrogens with one attached hydrogen (secondary N) is 1. The van der Waals surface area contributed by atoms with Crippen LogP contribution in [0.3, 0.4) is 0 Å². The molecule has 6 nitrogen and oxygen atoms in total. The summed E-state index contributed by atoms with van der Waals surface area (Å²) < 4.78 is 5.40. The summed E-state index contributed by atoms with van der Waals surface area (Å²) in [5.41, 5.74) is 0.413. The largest absolute Gasteiger partial charge is 0.455 e. The number of ether oxygens (including phenoxy) is 1. The lowest BCUT2D eigenvalue weighted by Gasteiger charge is -2.58. The SMILES string of the molecule is CN(C)c1ccc(NC(=O)COC(=O)C23CC4CC(CC(O)(C4)C2)C3)cc1. The maximum atomic E-state index is 12.8. The number of carbonyl (C=O) groups is 2. The van der Waals surface area contributed by atoms with E-state index in [-0.39, 0.29) is 18.5 Å². The van der Waals surface area contributed by atoms with Crippen LogP contribution in [0.5, 0.6) is 0 Å². The number of esters is 1. The molecule has 0 aromatic heterocycles. The Morgan fingerprint density at radius 3 is 2.33 bits per heavy atom. The highest BCUT2D eigenvalue weighted by Crippen LogP contribution is 2.61. The molecule has 0 saturated heterocycles. The molecule has 4 bridgehead atoms. The summed E-state index contributed by atoms with van der Waals surface area (Å²) in [5, 5.41) is 13.5. The molecular weight excluding hydrogens is 344 g/mol. The minimum Gasteiger partial charge on any atom is -0.455 e. The van der Waals surface area contributed by atoms with Gasteiger partial charge in [-0.15, -0.1) is 0 Å². The zero-order chi connectivity index (χ0) is 19.2. The highest BCUT2D eigenvalue weighted by Gasteiger charge is 2.60. The van der Waals surface area contributed by atoms with Gasteiger partial charge in [-0.3, -0.25) is 9.59 Å². The van der Waals surface area contributed by atoms with Gasteiger partial charge in [0.1, 0.15) is 0 Å². The highest BCUT2D eigenvalue weighted by molar-refractivity contribution is 5.93. The van der Waals surface area contributed by atoms with Gasteiger partial charge in [0.15, 0.2) is 6.61 Å². The summed E-state index contributed by atoms with van der Waals surface area (Å²) in [6.45, 7) is -0.288. The van der Waals surface area contributed by atoms with Gasteiger partial charge >= 0.3 is 5.97 Å². The summed E-state index contributed by atoms with van der Waals surface area (Å²) in [6, 6.07) is 7.48. The van der Waals surface area contributed by atoms with E-state index in [0.29, 0.717) is 23.9 Å². The topological polar surface area (TPSA) is 78.9 Å². The van der Waals surface area contributed by atoms with Crippen LogP contribution in [0.2, 0.25) is 0 Å². The third-order valence-electron chi connectivity index (χ3n) is 6.47. The van der Waals surface area contributed by atoms with Crippen LogP contribution < -0.4 is 10.2 Å². The van der Waals surface area contributed by atoms with Crippen molar-refractivity contribution in [1.29, 1.82) is 0 Å². The first-order valence-electron chi connectivity index (χ1n) is 9.74. The van der Waals surface area contributed by atoms with Crippen LogP contribution in [-0.2, 0) is 14.3 Å². The summed E-state index contributed by atoms with van der Waals surface area (Å²) in [7, 11) is 3.90. The van der Waals surface area contributed by atoms with Gasteiger partial charge in [0.05, 0.1) is 11.0 Å². The minimum atomic E-state index is -0.709. The molecule has 1 amide bonds. The molecule has 5 rings (SSSR count). The molecule has 4 fully saturated rings. The van der Waals surface area contributed by atoms with Crippen molar-refractivity contribution in [1.82, 2.24) is 0 Å². The van der Waals surface area contributed by atoms with Gasteiger partial charge in [0, 0.05) is 25.5 Å². The van der Waals surface area contributed by atoms with E-state index in [1.807, 2.05) is 43.3 Å². The quantitative estimate of drug-likeness (QED) is 0.777. The highest BCUT2D eigenvalue weighted by atomic mass is 16.5. The fourth-order valence-corrected chi connectivity index (χ4v) is 5.78. The zero-order valence-electron chi connectivity index (χ0n) is 16.0. The van der Waals surface area contributed by atoms with Crippen molar-refractivity contribution in [3.05, 3.63) is 24.3 Å². The maximum Gasteiger partial charge on any atom is 0.312 e. The van der Waals surface area contributed by atoms with Crippen molar-refractivity contribution in [3.63, 3.8) is 0 Å². The van der Waals surface area contributed by atoms with Gasteiger partial charge in [-0.05, 0) is 74.6 Å². The first kappa shape index (κ1) is 18.3. The number of amides is 1. The summed E-state index contributed by atoms with van der Waals surface area (Å²) in [4.78, 5) is 27.0. The van der Waals surface area contributed by atoms with Crippen LogP contribution in [0.1, 0.15) is 38.5 Å². The molecule has 4 saturated carbocycles. The van der Waals surface area contributed by atoms with E-state index in [4.69, 9.17) is 4.74 Å². The van der Waals surface area contributed by atoms with Crippen LogP contribution in [0, 0.1) is 17.3 Å². The molecule has 1 aromatic rings. The Morgan fingerprint density at radius 1 is 1.15 bits per heavy atom. The molecule has 1 aromatic carbocycles. The number of benzene rings is 1. The number of nitrogens with zero attached hydrogens (tertiary/aromatic N) is 1. The number of hydrogen-bond donors (Lipinski definition) is 2. The first-order chi connectivity index (χ1) is 12.8. The fourth-order valence-electron chi connectivity index (χ4n) is 5.78. The molecule has 0 radical (unpaired) electrons. The van der Waals surface area contributed by atoms with Gasteiger partial charge in [-0.1, -0.05) is 0 Å². The molecule has 2 atom stereocenters. The minimum absolute atomic E-state index is 0.288. The van der Waals surface area contributed by atoms with Crippen LogP contribution in [0.4, 0.5) is 11.4 Å². The van der Waals surface area contributed by atoms with E-state index < -0.39 is 11.0 Å². The smallest absolute Gasteiger partial charge is 0.312 e. The Labute approximate surface area is 159 Å². The lowest BCUT2D eigenvalue weighted by atomic mass is 9.48. The Bertz CT molecular complexity index is 729. The number of aliphatic hydroxyl groups is 1. The number of hydrogen-bond acceptors (Lipinski definition) is 5. The monoisotopic (exact) mass is 372 g/mol. The second-order valence-corrected chi connectivity index (χ2v) is 9.03. The molecule has 4 aliphatic carbocycles. The second kappa shape index (κ2) is 6.51. The van der Waals surface area contributed by atoms with Gasteiger partial charge in [-0.25, -0.2) is 0 Å². The predicted molar refractivity (Wildman–Crippen MR) is 102 cm³/mol. The molecule has 4 aliphatic rings. The Hall–Kier alpha value is -2.08. The predicted octanol–water partition coefficient (Wildman–Crippen LogP) is 2.57. The third-order valence-corrected chi connectivity index (χ3v) is 6.47. The van der Waals surface area contributed by atoms with Crippen molar-refractivity contribution in [2.45, 2.75) is 44.1 Å². The van der Waals surface area contributed by atoms with E-state index in [2.05, 4.69) is 5.32 Å². The van der Waals surface area contributed by atoms with Crippen LogP contribution in [-0.4, -0.2) is 43.3 Å². The van der Waals surface area contributed by atoms with Crippen LogP contribution >= 0.6 is 0 Å². The molecule has 2 N–H and O–H groups in total. The molecule has 0 spiro atoms. The van der Waals surface area contributed by atoms with Gasteiger partial charge in [-0.2, -0.15) is 0 Å². The van der Waals surface area contributed by atoms with E-state index in [1.54, 1.807) is 0 Å². The van der Waals surface area contributed by atoms with E-state index in [0.717, 1.165) is 37.8 Å². The number of carbonyl (C=O) groups excluding carboxylic acids is 2. The maximum absolute atomic E-state index is 12.8. The van der Waals surface area contributed by atoms with Gasteiger partial charge < -0.3 is 20.1 Å². The fraction of sp³-hybridized carbons (Fsp3) is 0.619. The Morgan fingerprint density at radius 2 is 1.78 bits per heavy atom. The second-order valence-electron chi connectivity index (χ2n) is 9.03. The van der Waals surface area contributed by atoms with E-state index >= 15 is 0 Å². The van der Waals surface area contributed by atoms with Crippen molar-refractivity contribution in [2.75, 3.05) is 30.9 Å². The first-order valence-corrected chi connectivity index (χ1v) is 9.74. The molecular formula is C21H28N2O4. The molecule has 27 heavy (non-hydrogen) atoms. The molecule has 0 heterocycles. The standard InChI is InChI=1S/C21H28N2O4/c1-23(2)17-5-3-16(4-6-17)22-18(24)12-27-19(25)20-8-14-7-15(9-20)11-21(26,10-14)13-20/h3-6,14-15,26H,7-13H2,1-2H3,(H,22,24). The van der Waals surface area contributed by atoms with Crippen molar-refractivity contribution in [3.8, 4) is 0 Å². The summed E-state index contributed by atoms with van der Waals surface area (Å²) in [5.74, 6) is 0.165. The van der Waals surface area contributed by atoms with Crippen molar-refractivity contribution in [2.24, 2.45) is 17.3 Å².